The third-order valence-electron chi connectivity index (χ3n) is 5.18. The molecule has 0 bridgehead atoms. The summed E-state index contributed by atoms with van der Waals surface area (Å²) in [5.41, 5.74) is 4.15. The van der Waals surface area contributed by atoms with E-state index in [1.54, 1.807) is 11.3 Å². The van der Waals surface area contributed by atoms with E-state index in [2.05, 4.69) is 31.2 Å². The zero-order valence-electron chi connectivity index (χ0n) is 17.6. The molecule has 1 aliphatic heterocycles. The van der Waals surface area contributed by atoms with Crippen molar-refractivity contribution in [1.82, 2.24) is 9.88 Å². The number of aromatic nitrogens is 1. The molecule has 1 aromatic heterocycles. The Kier molecular flexibility index (Phi) is 6.04. The van der Waals surface area contributed by atoms with E-state index in [1.807, 2.05) is 36.9 Å². The van der Waals surface area contributed by atoms with E-state index in [0.29, 0.717) is 32.7 Å². The molecule has 0 radical (unpaired) electrons. The van der Waals surface area contributed by atoms with E-state index >= 15 is 0 Å². The molecule has 1 amide bonds. The van der Waals surface area contributed by atoms with Crippen LogP contribution >= 0.6 is 11.3 Å². The van der Waals surface area contributed by atoms with Gasteiger partial charge in [-0.3, -0.25) is 4.79 Å². The highest BCUT2D eigenvalue weighted by Crippen LogP contribution is 2.35. The van der Waals surface area contributed by atoms with Gasteiger partial charge in [0, 0.05) is 29.1 Å². The molecule has 6 heteroatoms. The second-order valence-corrected chi connectivity index (χ2v) is 8.68. The van der Waals surface area contributed by atoms with E-state index < -0.39 is 0 Å². The summed E-state index contributed by atoms with van der Waals surface area (Å²) in [5, 5.41) is 0.971. The van der Waals surface area contributed by atoms with Crippen molar-refractivity contribution in [1.29, 1.82) is 0 Å². The summed E-state index contributed by atoms with van der Waals surface area (Å²) in [7, 11) is 0. The Hall–Kier alpha value is -2.86. The zero-order valence-corrected chi connectivity index (χ0v) is 18.4. The molecule has 30 heavy (non-hydrogen) atoms. The molecule has 0 spiro atoms. The van der Waals surface area contributed by atoms with Crippen LogP contribution in [0.2, 0.25) is 0 Å². The summed E-state index contributed by atoms with van der Waals surface area (Å²) in [6, 6.07) is 14.2. The molecule has 0 fully saturated rings. The summed E-state index contributed by atoms with van der Waals surface area (Å²) in [6.07, 6.45) is 0.342. The zero-order chi connectivity index (χ0) is 21.1. The molecule has 156 valence electrons. The average molecular weight is 423 g/mol. The second kappa shape index (κ2) is 8.88. The maximum atomic E-state index is 13.2. The Balaban J connectivity index is 1.54. The number of thiazole rings is 1. The lowest BCUT2D eigenvalue weighted by atomic mass is 10.1. The number of nitrogens with zero attached hydrogens (tertiary/aromatic N) is 2. The first kappa shape index (κ1) is 20.4. The molecule has 0 saturated carbocycles. The van der Waals surface area contributed by atoms with Gasteiger partial charge in [0.15, 0.2) is 11.5 Å². The summed E-state index contributed by atoms with van der Waals surface area (Å²) in [5.74, 6) is 1.59. The number of carbonyl (C=O) groups excluding carboxylic acids is 1. The maximum absolute atomic E-state index is 13.2. The van der Waals surface area contributed by atoms with Gasteiger partial charge in [0.2, 0.25) is 5.91 Å². The van der Waals surface area contributed by atoms with Gasteiger partial charge in [-0.1, -0.05) is 42.0 Å². The van der Waals surface area contributed by atoms with E-state index in [4.69, 9.17) is 14.5 Å². The molecule has 0 atom stereocenters. The van der Waals surface area contributed by atoms with Crippen molar-refractivity contribution < 1.29 is 14.3 Å². The highest BCUT2D eigenvalue weighted by Gasteiger charge is 2.22. The number of benzene rings is 2. The van der Waals surface area contributed by atoms with Gasteiger partial charge in [-0.25, -0.2) is 4.98 Å². The van der Waals surface area contributed by atoms with Crippen molar-refractivity contribution in [2.24, 2.45) is 0 Å². The maximum Gasteiger partial charge on any atom is 0.228 e. The van der Waals surface area contributed by atoms with Crippen LogP contribution in [-0.2, 0) is 17.8 Å². The Labute approximate surface area is 181 Å². The summed E-state index contributed by atoms with van der Waals surface area (Å²) in [6.45, 7) is 8.27. The summed E-state index contributed by atoms with van der Waals surface area (Å²) < 4.78 is 11.5. The number of rotatable bonds is 6. The average Bonchev–Trinajstić information content (AvgIpc) is 3.12. The van der Waals surface area contributed by atoms with Crippen molar-refractivity contribution in [3.63, 3.8) is 0 Å². The molecular formula is C24H26N2O3S. The van der Waals surface area contributed by atoms with Gasteiger partial charge >= 0.3 is 0 Å². The quantitative estimate of drug-likeness (QED) is 0.573. The van der Waals surface area contributed by atoms with Gasteiger partial charge in [-0.15, -0.1) is 11.3 Å². The Morgan fingerprint density at radius 2 is 1.87 bits per heavy atom. The van der Waals surface area contributed by atoms with Crippen LogP contribution in [0.15, 0.2) is 42.5 Å². The third-order valence-corrected chi connectivity index (χ3v) is 6.16. The number of para-hydroxylation sites is 1. The van der Waals surface area contributed by atoms with Crippen LogP contribution in [0.5, 0.6) is 11.5 Å². The lowest BCUT2D eigenvalue weighted by molar-refractivity contribution is -0.130. The normalized spacial score (nSPS) is 12.6. The predicted molar refractivity (Wildman–Crippen MR) is 119 cm³/mol. The van der Waals surface area contributed by atoms with Crippen LogP contribution in [0.3, 0.4) is 0 Å². The van der Waals surface area contributed by atoms with Crippen molar-refractivity contribution in [3.05, 3.63) is 63.5 Å². The lowest BCUT2D eigenvalue weighted by Crippen LogP contribution is -2.32. The number of ether oxygens (including phenoxy) is 2. The SMILES string of the molecule is CCN(Cc1cccc2c1OCCO2)C(=O)Cc1sc(C)nc1-c1ccc(C)cc1. The Morgan fingerprint density at radius 3 is 2.63 bits per heavy atom. The molecule has 0 aliphatic carbocycles. The standard InChI is InChI=1S/C24H26N2O3S/c1-4-26(15-19-6-5-7-20-24(19)29-13-12-28-20)22(27)14-21-23(25-17(3)30-21)18-10-8-16(2)9-11-18/h5-11H,4,12-15H2,1-3H3. The smallest absolute Gasteiger partial charge is 0.228 e. The minimum Gasteiger partial charge on any atom is -0.486 e. The molecule has 3 aromatic rings. The van der Waals surface area contributed by atoms with Gasteiger partial charge in [-0.2, -0.15) is 0 Å². The number of hydrogen-bond donors (Lipinski definition) is 0. The van der Waals surface area contributed by atoms with E-state index in [1.165, 1.54) is 5.56 Å². The fourth-order valence-corrected chi connectivity index (χ4v) is 4.57. The molecule has 2 aromatic carbocycles. The number of aryl methyl sites for hydroxylation is 2. The number of amides is 1. The fraction of sp³-hybridized carbons (Fsp3) is 0.333. The van der Waals surface area contributed by atoms with Gasteiger partial charge in [0.05, 0.1) is 17.1 Å². The first-order chi connectivity index (χ1) is 14.5. The molecular weight excluding hydrogens is 396 g/mol. The summed E-state index contributed by atoms with van der Waals surface area (Å²) >= 11 is 1.60. The third kappa shape index (κ3) is 4.33. The van der Waals surface area contributed by atoms with Crippen LogP contribution < -0.4 is 9.47 Å². The first-order valence-electron chi connectivity index (χ1n) is 10.2. The molecule has 0 unspecified atom stereocenters. The van der Waals surface area contributed by atoms with Crippen LogP contribution in [0.4, 0.5) is 0 Å². The highest BCUT2D eigenvalue weighted by molar-refractivity contribution is 7.12. The number of likely N-dealkylation sites (N-methyl/N-ethyl adjacent to an activating group) is 1. The van der Waals surface area contributed by atoms with Crippen LogP contribution in [0.25, 0.3) is 11.3 Å². The lowest BCUT2D eigenvalue weighted by Gasteiger charge is -2.25. The molecule has 4 rings (SSSR count). The van der Waals surface area contributed by atoms with Crippen molar-refractivity contribution in [2.75, 3.05) is 19.8 Å². The minimum absolute atomic E-state index is 0.0869. The van der Waals surface area contributed by atoms with Crippen molar-refractivity contribution in [2.45, 2.75) is 33.7 Å². The predicted octanol–water partition coefficient (Wildman–Crippen LogP) is 4.79. The minimum atomic E-state index is 0.0869. The van der Waals surface area contributed by atoms with Crippen LogP contribution in [-0.4, -0.2) is 35.5 Å². The van der Waals surface area contributed by atoms with E-state index in [0.717, 1.165) is 38.2 Å². The molecule has 0 N–H and O–H groups in total. The largest absolute Gasteiger partial charge is 0.486 e. The van der Waals surface area contributed by atoms with Gasteiger partial charge < -0.3 is 14.4 Å². The van der Waals surface area contributed by atoms with E-state index in [-0.39, 0.29) is 5.91 Å². The van der Waals surface area contributed by atoms with Crippen LogP contribution in [0, 0.1) is 13.8 Å². The van der Waals surface area contributed by atoms with Gasteiger partial charge in [0.1, 0.15) is 13.2 Å². The van der Waals surface area contributed by atoms with Crippen molar-refractivity contribution >= 4 is 17.2 Å². The van der Waals surface area contributed by atoms with Gasteiger partial charge in [0.25, 0.3) is 0 Å². The molecule has 1 aliphatic rings. The summed E-state index contributed by atoms with van der Waals surface area (Å²) in [4.78, 5) is 20.8. The molecule has 0 saturated heterocycles. The van der Waals surface area contributed by atoms with Crippen molar-refractivity contribution in [3.8, 4) is 22.8 Å². The Morgan fingerprint density at radius 1 is 1.10 bits per heavy atom. The van der Waals surface area contributed by atoms with Gasteiger partial charge in [-0.05, 0) is 26.8 Å². The fourth-order valence-electron chi connectivity index (χ4n) is 3.62. The number of hydrogen-bond acceptors (Lipinski definition) is 5. The first-order valence-corrected chi connectivity index (χ1v) is 11.1. The number of carbonyl (C=O) groups is 1. The number of fused-ring (bicyclic) bond motifs is 1. The topological polar surface area (TPSA) is 51.7 Å². The van der Waals surface area contributed by atoms with Crippen LogP contribution in [0.1, 0.15) is 27.9 Å². The molecule has 5 nitrogen and oxygen atoms in total. The highest BCUT2D eigenvalue weighted by atomic mass is 32.1. The second-order valence-electron chi connectivity index (χ2n) is 7.40. The van der Waals surface area contributed by atoms with E-state index in [9.17, 15) is 4.79 Å². The Bertz CT molecular complexity index is 1040. The monoisotopic (exact) mass is 422 g/mol. The molecule has 2 heterocycles.